The van der Waals surface area contributed by atoms with E-state index < -0.39 is 0 Å². The average molecular weight is 345 g/mol. The first-order valence-corrected chi connectivity index (χ1v) is 8.64. The number of benzene rings is 1. The van der Waals surface area contributed by atoms with Gasteiger partial charge in [-0.25, -0.2) is 5.43 Å². The van der Waals surface area contributed by atoms with E-state index >= 15 is 0 Å². The Morgan fingerprint density at radius 2 is 1.92 bits per heavy atom. The quantitative estimate of drug-likeness (QED) is 0.634. The summed E-state index contributed by atoms with van der Waals surface area (Å²) in [7, 11) is 0. The number of rotatable bonds is 5. The molecule has 134 valence electrons. The van der Waals surface area contributed by atoms with Gasteiger partial charge in [0.2, 0.25) is 18.6 Å². The number of hydrogen-bond donors (Lipinski definition) is 2. The summed E-state index contributed by atoms with van der Waals surface area (Å²) in [5.41, 5.74) is 3.78. The van der Waals surface area contributed by atoms with Crippen LogP contribution in [0.15, 0.2) is 23.3 Å². The Bertz CT molecular complexity index is 681. The predicted molar refractivity (Wildman–Crippen MR) is 93.6 cm³/mol. The third-order valence-electron chi connectivity index (χ3n) is 4.41. The maximum absolute atomic E-state index is 12.1. The van der Waals surface area contributed by atoms with Gasteiger partial charge in [0.05, 0.1) is 6.42 Å². The van der Waals surface area contributed by atoms with Crippen molar-refractivity contribution in [2.45, 2.75) is 45.4 Å². The molecule has 7 nitrogen and oxygen atoms in total. The smallest absolute Gasteiger partial charge is 0.243 e. The van der Waals surface area contributed by atoms with Crippen molar-refractivity contribution >= 4 is 23.2 Å². The number of anilines is 1. The highest BCUT2D eigenvalue weighted by Gasteiger charge is 2.20. The fraction of sp³-hybridized carbons (Fsp3) is 0.500. The SMILES string of the molecule is C/C(CC(=O)Nc1ccc2c(c1)OCO2)=N/NC(=O)C1CCCCC1. The number of fused-ring (bicyclic) bond motifs is 1. The Morgan fingerprint density at radius 1 is 1.16 bits per heavy atom. The van der Waals surface area contributed by atoms with Crippen LogP contribution in [0, 0.1) is 5.92 Å². The minimum atomic E-state index is -0.202. The van der Waals surface area contributed by atoms with E-state index in [1.165, 1.54) is 6.42 Å². The maximum atomic E-state index is 12.1. The molecule has 0 radical (unpaired) electrons. The zero-order valence-electron chi connectivity index (χ0n) is 14.3. The third-order valence-corrected chi connectivity index (χ3v) is 4.41. The highest BCUT2D eigenvalue weighted by molar-refractivity contribution is 6.05. The largest absolute Gasteiger partial charge is 0.454 e. The average Bonchev–Trinajstić information content (AvgIpc) is 3.08. The molecule has 1 aromatic carbocycles. The maximum Gasteiger partial charge on any atom is 0.243 e. The van der Waals surface area contributed by atoms with Gasteiger partial charge in [-0.15, -0.1) is 0 Å². The van der Waals surface area contributed by atoms with E-state index in [0.29, 0.717) is 22.9 Å². The highest BCUT2D eigenvalue weighted by atomic mass is 16.7. The zero-order valence-corrected chi connectivity index (χ0v) is 14.3. The number of nitrogens with zero attached hydrogens (tertiary/aromatic N) is 1. The summed E-state index contributed by atoms with van der Waals surface area (Å²) < 4.78 is 10.5. The number of ether oxygens (including phenoxy) is 2. The van der Waals surface area contributed by atoms with E-state index in [-0.39, 0.29) is 30.9 Å². The topological polar surface area (TPSA) is 89.0 Å². The molecule has 2 aliphatic rings. The lowest BCUT2D eigenvalue weighted by atomic mass is 9.89. The van der Waals surface area contributed by atoms with Crippen molar-refractivity contribution in [3.63, 3.8) is 0 Å². The molecule has 25 heavy (non-hydrogen) atoms. The Morgan fingerprint density at radius 3 is 2.72 bits per heavy atom. The zero-order chi connectivity index (χ0) is 17.6. The molecule has 2 amide bonds. The molecule has 7 heteroatoms. The summed E-state index contributed by atoms with van der Waals surface area (Å²) in [6.07, 6.45) is 5.35. The molecule has 0 atom stereocenters. The van der Waals surface area contributed by atoms with E-state index in [9.17, 15) is 9.59 Å². The molecule has 0 unspecified atom stereocenters. The number of hydrogen-bond acceptors (Lipinski definition) is 5. The third kappa shape index (κ3) is 4.71. The molecule has 1 fully saturated rings. The van der Waals surface area contributed by atoms with Crippen LogP contribution in [0.1, 0.15) is 45.4 Å². The van der Waals surface area contributed by atoms with Gasteiger partial charge in [0.15, 0.2) is 11.5 Å². The number of carbonyl (C=O) groups is 2. The molecular weight excluding hydrogens is 322 g/mol. The highest BCUT2D eigenvalue weighted by Crippen LogP contribution is 2.34. The Kier molecular flexibility index (Phi) is 5.53. The van der Waals surface area contributed by atoms with Gasteiger partial charge < -0.3 is 14.8 Å². The van der Waals surface area contributed by atoms with Crippen molar-refractivity contribution in [3.8, 4) is 11.5 Å². The molecule has 0 bridgehead atoms. The van der Waals surface area contributed by atoms with Crippen molar-refractivity contribution in [2.24, 2.45) is 11.0 Å². The van der Waals surface area contributed by atoms with Gasteiger partial charge in [0.1, 0.15) is 0 Å². The van der Waals surface area contributed by atoms with Crippen molar-refractivity contribution in [3.05, 3.63) is 18.2 Å². The van der Waals surface area contributed by atoms with E-state index in [0.717, 1.165) is 25.7 Å². The van der Waals surface area contributed by atoms with E-state index in [2.05, 4.69) is 15.8 Å². The fourth-order valence-corrected chi connectivity index (χ4v) is 3.06. The summed E-state index contributed by atoms with van der Waals surface area (Å²) in [4.78, 5) is 24.1. The molecule has 0 saturated heterocycles. The molecule has 1 saturated carbocycles. The molecule has 0 spiro atoms. The Balaban J connectivity index is 1.47. The van der Waals surface area contributed by atoms with Crippen LogP contribution >= 0.6 is 0 Å². The molecule has 1 aromatic rings. The van der Waals surface area contributed by atoms with Crippen LogP contribution in [-0.4, -0.2) is 24.3 Å². The molecule has 1 heterocycles. The summed E-state index contributed by atoms with van der Waals surface area (Å²) >= 11 is 0. The lowest BCUT2D eigenvalue weighted by Gasteiger charge is -2.19. The second-order valence-electron chi connectivity index (χ2n) is 6.45. The van der Waals surface area contributed by atoms with Gasteiger partial charge in [-0.05, 0) is 31.9 Å². The van der Waals surface area contributed by atoms with Gasteiger partial charge in [-0.2, -0.15) is 5.10 Å². The van der Waals surface area contributed by atoms with Crippen LogP contribution in [0.25, 0.3) is 0 Å². The predicted octanol–water partition coefficient (Wildman–Crippen LogP) is 2.82. The van der Waals surface area contributed by atoms with Gasteiger partial charge in [-0.3, -0.25) is 9.59 Å². The van der Waals surface area contributed by atoms with Crippen LogP contribution < -0.4 is 20.2 Å². The first-order valence-electron chi connectivity index (χ1n) is 8.64. The Hall–Kier alpha value is -2.57. The van der Waals surface area contributed by atoms with Crippen LogP contribution in [-0.2, 0) is 9.59 Å². The molecular formula is C18H23N3O4. The molecule has 1 aliphatic heterocycles. The van der Waals surface area contributed by atoms with Crippen molar-refractivity contribution in [1.82, 2.24) is 5.43 Å². The summed E-state index contributed by atoms with van der Waals surface area (Å²) in [5, 5.41) is 6.84. The van der Waals surface area contributed by atoms with Crippen LogP contribution in [0.2, 0.25) is 0 Å². The van der Waals surface area contributed by atoms with E-state index in [1.54, 1.807) is 25.1 Å². The number of carbonyl (C=O) groups excluding carboxylic acids is 2. The standard InChI is InChI=1S/C18H23N3O4/c1-12(20-21-18(23)13-5-3-2-4-6-13)9-17(22)19-14-7-8-15-16(10-14)25-11-24-15/h7-8,10,13H,2-6,9,11H2,1H3,(H,19,22)(H,21,23)/b20-12-. The number of amides is 2. The minimum absolute atomic E-state index is 0.0461. The van der Waals surface area contributed by atoms with Gasteiger partial charge in [0, 0.05) is 23.4 Å². The van der Waals surface area contributed by atoms with Crippen LogP contribution in [0.3, 0.4) is 0 Å². The van der Waals surface area contributed by atoms with Crippen molar-refractivity contribution in [1.29, 1.82) is 0 Å². The van der Waals surface area contributed by atoms with Gasteiger partial charge in [0.25, 0.3) is 0 Å². The number of hydrazone groups is 1. The second kappa shape index (κ2) is 8.00. The summed E-state index contributed by atoms with van der Waals surface area (Å²) in [6, 6.07) is 5.23. The second-order valence-corrected chi connectivity index (χ2v) is 6.45. The lowest BCUT2D eigenvalue weighted by molar-refractivity contribution is -0.126. The summed E-state index contributed by atoms with van der Waals surface area (Å²) in [5.74, 6) is 1.08. The molecule has 3 rings (SSSR count). The molecule has 1 aliphatic carbocycles. The fourth-order valence-electron chi connectivity index (χ4n) is 3.06. The van der Waals surface area contributed by atoms with Crippen molar-refractivity contribution in [2.75, 3.05) is 12.1 Å². The molecule has 2 N–H and O–H groups in total. The van der Waals surface area contributed by atoms with E-state index in [4.69, 9.17) is 9.47 Å². The minimum Gasteiger partial charge on any atom is -0.454 e. The van der Waals surface area contributed by atoms with Crippen LogP contribution in [0.4, 0.5) is 5.69 Å². The van der Waals surface area contributed by atoms with Crippen molar-refractivity contribution < 1.29 is 19.1 Å². The first-order chi connectivity index (χ1) is 12.1. The molecule has 0 aromatic heterocycles. The van der Waals surface area contributed by atoms with E-state index in [1.807, 2.05) is 0 Å². The monoisotopic (exact) mass is 345 g/mol. The summed E-state index contributed by atoms with van der Waals surface area (Å²) in [6.45, 7) is 1.92. The lowest BCUT2D eigenvalue weighted by Crippen LogP contribution is -2.29. The van der Waals surface area contributed by atoms with Gasteiger partial charge >= 0.3 is 0 Å². The normalized spacial score (nSPS) is 17.2. The Labute approximate surface area is 146 Å². The first kappa shape index (κ1) is 17.3. The van der Waals surface area contributed by atoms with Gasteiger partial charge in [-0.1, -0.05) is 19.3 Å². The number of nitrogens with one attached hydrogen (secondary N) is 2. The van der Waals surface area contributed by atoms with Crippen LogP contribution in [0.5, 0.6) is 11.5 Å².